The molecule has 0 aromatic heterocycles. The van der Waals surface area contributed by atoms with Crippen molar-refractivity contribution in [1.29, 1.82) is 0 Å². The third kappa shape index (κ3) is 2.28. The second-order valence-electron chi connectivity index (χ2n) is 7.06. The van der Waals surface area contributed by atoms with E-state index < -0.39 is 8.32 Å². The van der Waals surface area contributed by atoms with E-state index in [-0.39, 0.29) is 0 Å². The van der Waals surface area contributed by atoms with Crippen LogP contribution in [-0.2, 0) is 4.43 Å². The van der Waals surface area contributed by atoms with Gasteiger partial charge in [-0.3, -0.25) is 0 Å². The van der Waals surface area contributed by atoms with Gasteiger partial charge in [0.05, 0.1) is 0 Å². The molecule has 2 rings (SSSR count). The maximum atomic E-state index is 6.50. The highest BCUT2D eigenvalue weighted by atomic mass is 28.4. The zero-order valence-electron chi connectivity index (χ0n) is 11.4. The minimum absolute atomic E-state index is 0.348. The highest BCUT2D eigenvalue weighted by Gasteiger charge is 2.43. The number of hydrogen-bond donors (Lipinski definition) is 0. The first-order valence-electron chi connectivity index (χ1n) is 6.64. The Morgan fingerprint density at radius 3 is 2.44 bits per heavy atom. The lowest BCUT2D eigenvalue weighted by Gasteiger charge is -2.38. The average Bonchev–Trinajstić information content (AvgIpc) is 2.59. The van der Waals surface area contributed by atoms with Crippen LogP contribution in [0.4, 0.5) is 0 Å². The van der Waals surface area contributed by atoms with Crippen LogP contribution in [0.5, 0.6) is 0 Å². The monoisotopic (exact) mass is 238 g/mol. The summed E-state index contributed by atoms with van der Waals surface area (Å²) in [6, 6.07) is 0. The van der Waals surface area contributed by atoms with Crippen molar-refractivity contribution >= 4 is 8.32 Å². The van der Waals surface area contributed by atoms with E-state index >= 15 is 0 Å². The molecule has 0 amide bonds. The smallest absolute Gasteiger partial charge is 0.192 e. The van der Waals surface area contributed by atoms with Crippen molar-refractivity contribution in [2.75, 3.05) is 0 Å². The van der Waals surface area contributed by atoms with Crippen LogP contribution in [0.1, 0.15) is 40.0 Å². The Balaban J connectivity index is 1.94. The lowest BCUT2D eigenvalue weighted by atomic mass is 10.0. The van der Waals surface area contributed by atoms with Gasteiger partial charge in [-0.05, 0) is 49.2 Å². The first kappa shape index (κ1) is 12.4. The third-order valence-corrected chi connectivity index (χ3v) is 9.33. The van der Waals surface area contributed by atoms with E-state index in [2.05, 4.69) is 46.0 Å². The van der Waals surface area contributed by atoms with Gasteiger partial charge in [-0.25, -0.2) is 0 Å². The Bertz CT molecular complexity index is 288. The maximum Gasteiger partial charge on any atom is 0.192 e. The van der Waals surface area contributed by atoms with E-state index in [9.17, 15) is 0 Å². The van der Waals surface area contributed by atoms with Crippen LogP contribution in [0.3, 0.4) is 0 Å². The van der Waals surface area contributed by atoms with E-state index in [0.717, 1.165) is 11.8 Å². The fraction of sp³-hybridized carbons (Fsp3) is 0.857. The van der Waals surface area contributed by atoms with E-state index in [4.69, 9.17) is 4.43 Å². The van der Waals surface area contributed by atoms with Gasteiger partial charge in [0.25, 0.3) is 0 Å². The fourth-order valence-electron chi connectivity index (χ4n) is 2.73. The molecular weight excluding hydrogens is 212 g/mol. The predicted molar refractivity (Wildman–Crippen MR) is 72.0 cm³/mol. The highest BCUT2D eigenvalue weighted by Crippen LogP contribution is 2.45. The van der Waals surface area contributed by atoms with E-state index in [1.165, 1.54) is 19.3 Å². The van der Waals surface area contributed by atoms with E-state index in [1.807, 2.05) is 0 Å². The van der Waals surface area contributed by atoms with Gasteiger partial charge in [-0.15, -0.1) is 0 Å². The van der Waals surface area contributed by atoms with Crippen molar-refractivity contribution in [3.63, 3.8) is 0 Å². The molecule has 3 atom stereocenters. The summed E-state index contributed by atoms with van der Waals surface area (Å²) in [7, 11) is -1.54. The zero-order chi connectivity index (χ0) is 12.0. The Morgan fingerprint density at radius 1 is 1.19 bits per heavy atom. The molecule has 2 heteroatoms. The quantitative estimate of drug-likeness (QED) is 0.513. The molecule has 0 bridgehead atoms. The van der Waals surface area contributed by atoms with Crippen LogP contribution in [-0.4, -0.2) is 14.4 Å². The Hall–Kier alpha value is -0.0831. The topological polar surface area (TPSA) is 9.23 Å². The lowest BCUT2D eigenvalue weighted by Crippen LogP contribution is -2.43. The number of allylic oxidation sites excluding steroid dienone is 2. The van der Waals surface area contributed by atoms with Gasteiger partial charge in [0.1, 0.15) is 0 Å². The minimum Gasteiger partial charge on any atom is -0.414 e. The largest absolute Gasteiger partial charge is 0.414 e. The third-order valence-electron chi connectivity index (χ3n) is 4.80. The van der Waals surface area contributed by atoms with Crippen molar-refractivity contribution in [3.05, 3.63) is 12.2 Å². The molecule has 92 valence electrons. The fourth-order valence-corrected chi connectivity index (χ4v) is 4.11. The predicted octanol–water partition coefficient (Wildman–Crippen LogP) is 4.36. The van der Waals surface area contributed by atoms with Crippen LogP contribution in [0.25, 0.3) is 0 Å². The molecule has 0 radical (unpaired) electrons. The van der Waals surface area contributed by atoms with Crippen LogP contribution < -0.4 is 0 Å². The molecule has 0 heterocycles. The number of fused-ring (bicyclic) bond motifs is 1. The first-order valence-corrected chi connectivity index (χ1v) is 9.55. The molecule has 1 fully saturated rings. The zero-order valence-corrected chi connectivity index (χ0v) is 12.4. The van der Waals surface area contributed by atoms with Crippen LogP contribution >= 0.6 is 0 Å². The second kappa shape index (κ2) is 3.99. The van der Waals surface area contributed by atoms with Crippen LogP contribution in [0, 0.1) is 11.8 Å². The molecular formula is C14H26OSi. The highest BCUT2D eigenvalue weighted by molar-refractivity contribution is 6.74. The van der Waals surface area contributed by atoms with Crippen LogP contribution in [0.2, 0.25) is 18.1 Å². The van der Waals surface area contributed by atoms with Crippen molar-refractivity contribution < 1.29 is 4.43 Å². The van der Waals surface area contributed by atoms with Gasteiger partial charge < -0.3 is 4.43 Å². The average molecular weight is 238 g/mol. The van der Waals surface area contributed by atoms with E-state index in [1.54, 1.807) is 0 Å². The molecule has 2 aliphatic rings. The molecule has 0 spiro atoms. The van der Waals surface area contributed by atoms with Gasteiger partial charge >= 0.3 is 0 Å². The lowest BCUT2D eigenvalue weighted by molar-refractivity contribution is 0.181. The molecule has 0 unspecified atom stereocenters. The first-order chi connectivity index (χ1) is 7.29. The summed E-state index contributed by atoms with van der Waals surface area (Å²) in [5, 5.41) is 0.348. The van der Waals surface area contributed by atoms with Gasteiger partial charge in [0.2, 0.25) is 0 Å². The molecule has 0 N–H and O–H groups in total. The van der Waals surface area contributed by atoms with E-state index in [0.29, 0.717) is 11.1 Å². The Labute approximate surface area is 101 Å². The molecule has 0 aromatic carbocycles. The summed E-state index contributed by atoms with van der Waals surface area (Å²) in [5.41, 5.74) is 0. The molecule has 0 aliphatic heterocycles. The van der Waals surface area contributed by atoms with Gasteiger partial charge in [-0.2, -0.15) is 0 Å². The Morgan fingerprint density at radius 2 is 1.88 bits per heavy atom. The van der Waals surface area contributed by atoms with Gasteiger partial charge in [-0.1, -0.05) is 32.9 Å². The minimum atomic E-state index is -1.54. The van der Waals surface area contributed by atoms with Gasteiger partial charge in [0, 0.05) is 6.10 Å². The number of hydrogen-bond acceptors (Lipinski definition) is 1. The van der Waals surface area contributed by atoms with Crippen molar-refractivity contribution in [2.24, 2.45) is 11.8 Å². The summed E-state index contributed by atoms with van der Waals surface area (Å²) >= 11 is 0. The standard InChI is InChI=1S/C14H26OSi/c1-14(2,3)16(4,5)15-13-9-11-7-6-8-12(11)10-13/h6-7,11-13H,8-10H2,1-5H3/t11-,12+,13+/m1/s1. The maximum absolute atomic E-state index is 6.50. The molecule has 2 aliphatic carbocycles. The molecule has 1 saturated carbocycles. The van der Waals surface area contributed by atoms with Gasteiger partial charge in [0.15, 0.2) is 8.32 Å². The molecule has 16 heavy (non-hydrogen) atoms. The molecule has 0 saturated heterocycles. The summed E-state index contributed by atoms with van der Waals surface area (Å²) in [6.07, 6.45) is 9.18. The van der Waals surface area contributed by atoms with Crippen molar-refractivity contribution in [3.8, 4) is 0 Å². The Kier molecular flexibility index (Phi) is 3.08. The molecule has 0 aromatic rings. The summed E-state index contributed by atoms with van der Waals surface area (Å²) in [5.74, 6) is 1.73. The number of rotatable bonds is 2. The SMILES string of the molecule is CC(C)(C)[Si](C)(C)O[C@@H]1C[C@@H]2CC=C[C@@H]2C1. The van der Waals surface area contributed by atoms with Crippen LogP contribution in [0.15, 0.2) is 12.2 Å². The normalized spacial score (nSPS) is 34.4. The second-order valence-corrected chi connectivity index (χ2v) is 11.8. The summed E-state index contributed by atoms with van der Waals surface area (Å²) in [4.78, 5) is 0. The van der Waals surface area contributed by atoms with Crippen molar-refractivity contribution in [2.45, 2.75) is 64.3 Å². The summed E-state index contributed by atoms with van der Waals surface area (Å²) in [6.45, 7) is 11.7. The van der Waals surface area contributed by atoms with Crippen molar-refractivity contribution in [1.82, 2.24) is 0 Å². The summed E-state index contributed by atoms with van der Waals surface area (Å²) < 4.78 is 6.50. The molecule has 1 nitrogen and oxygen atoms in total.